The van der Waals surface area contributed by atoms with Crippen molar-refractivity contribution in [1.29, 1.82) is 0 Å². The van der Waals surface area contributed by atoms with Gasteiger partial charge in [-0.05, 0) is 30.9 Å². The Hall–Kier alpha value is -2.04. The molecule has 5 nitrogen and oxygen atoms in total. The third-order valence-electron chi connectivity index (χ3n) is 3.77. The summed E-state index contributed by atoms with van der Waals surface area (Å²) in [7, 11) is 1.35. The summed E-state index contributed by atoms with van der Waals surface area (Å²) >= 11 is 0. The van der Waals surface area contributed by atoms with E-state index in [0.29, 0.717) is 17.2 Å². The summed E-state index contributed by atoms with van der Waals surface area (Å²) in [5.74, 6) is 0.225. The van der Waals surface area contributed by atoms with Gasteiger partial charge >= 0.3 is 5.97 Å². The van der Waals surface area contributed by atoms with Crippen LogP contribution in [-0.4, -0.2) is 43.5 Å². The zero-order valence-corrected chi connectivity index (χ0v) is 12.6. The smallest absolute Gasteiger partial charge is 0.339 e. The van der Waals surface area contributed by atoms with E-state index in [0.717, 1.165) is 19.5 Å². The van der Waals surface area contributed by atoms with Crippen LogP contribution in [0.5, 0.6) is 0 Å². The van der Waals surface area contributed by atoms with Gasteiger partial charge < -0.3 is 15.0 Å². The molecule has 0 aliphatic carbocycles. The number of nitrogens with zero attached hydrogens (tertiary/aromatic N) is 1. The lowest BCUT2D eigenvalue weighted by Crippen LogP contribution is -2.42. The minimum absolute atomic E-state index is 0.0706. The number of nitrogens with one attached hydrogen (secondary N) is 1. The van der Waals surface area contributed by atoms with Crippen molar-refractivity contribution in [3.63, 3.8) is 0 Å². The number of hydrogen-bond donors (Lipinski definition) is 1. The summed E-state index contributed by atoms with van der Waals surface area (Å²) in [6, 6.07) is 7.05. The maximum Gasteiger partial charge on any atom is 0.339 e. The maximum absolute atomic E-state index is 12.2. The molecular weight excluding hydrogens is 268 g/mol. The Bertz CT molecular complexity index is 516. The fourth-order valence-corrected chi connectivity index (χ4v) is 2.62. The topological polar surface area (TPSA) is 58.6 Å². The summed E-state index contributed by atoms with van der Waals surface area (Å²) in [6.07, 6.45) is 2.24. The zero-order chi connectivity index (χ0) is 15.2. The molecule has 0 radical (unpaired) electrons. The number of piperidine rings is 1. The molecule has 1 amide bonds. The summed E-state index contributed by atoms with van der Waals surface area (Å²) in [4.78, 5) is 25.8. The van der Waals surface area contributed by atoms with Crippen LogP contribution in [0.1, 0.15) is 30.1 Å². The van der Waals surface area contributed by atoms with E-state index in [-0.39, 0.29) is 12.5 Å². The minimum atomic E-state index is -0.405. The molecule has 1 fully saturated rings. The van der Waals surface area contributed by atoms with Crippen LogP contribution in [-0.2, 0) is 9.53 Å². The molecule has 1 unspecified atom stereocenters. The summed E-state index contributed by atoms with van der Waals surface area (Å²) < 4.78 is 4.74. The number of carbonyl (C=O) groups is 2. The normalized spacial score (nSPS) is 18.2. The van der Waals surface area contributed by atoms with Crippen LogP contribution in [0.15, 0.2) is 24.3 Å². The van der Waals surface area contributed by atoms with Crippen molar-refractivity contribution >= 4 is 17.6 Å². The third-order valence-corrected chi connectivity index (χ3v) is 3.77. The van der Waals surface area contributed by atoms with Crippen molar-refractivity contribution < 1.29 is 14.3 Å². The van der Waals surface area contributed by atoms with Gasteiger partial charge in [0.2, 0.25) is 5.91 Å². The van der Waals surface area contributed by atoms with Gasteiger partial charge in [-0.1, -0.05) is 19.1 Å². The lowest BCUT2D eigenvalue weighted by atomic mass is 10.0. The molecule has 1 heterocycles. The van der Waals surface area contributed by atoms with E-state index in [1.165, 1.54) is 13.5 Å². The molecule has 0 aromatic heterocycles. The van der Waals surface area contributed by atoms with E-state index in [1.807, 2.05) is 11.0 Å². The van der Waals surface area contributed by atoms with Crippen LogP contribution in [0, 0.1) is 5.92 Å². The molecule has 1 aliphatic heterocycles. The molecule has 2 rings (SSSR count). The van der Waals surface area contributed by atoms with Crippen LogP contribution < -0.4 is 5.32 Å². The first-order valence-corrected chi connectivity index (χ1v) is 7.30. The highest BCUT2D eigenvalue weighted by atomic mass is 16.5. The van der Waals surface area contributed by atoms with Crippen molar-refractivity contribution in [2.24, 2.45) is 5.92 Å². The Labute approximate surface area is 125 Å². The molecule has 1 N–H and O–H groups in total. The first kappa shape index (κ1) is 15.4. The predicted molar refractivity (Wildman–Crippen MR) is 81.2 cm³/mol. The van der Waals surface area contributed by atoms with E-state index < -0.39 is 5.97 Å². The molecule has 5 heteroatoms. The largest absolute Gasteiger partial charge is 0.465 e. The lowest BCUT2D eigenvalue weighted by molar-refractivity contribution is -0.130. The van der Waals surface area contributed by atoms with Crippen LogP contribution in [0.4, 0.5) is 5.69 Å². The molecule has 1 aliphatic rings. The number of ether oxygens (including phenoxy) is 1. The van der Waals surface area contributed by atoms with E-state index >= 15 is 0 Å². The van der Waals surface area contributed by atoms with Gasteiger partial charge in [-0.2, -0.15) is 0 Å². The Morgan fingerprint density at radius 2 is 2.14 bits per heavy atom. The van der Waals surface area contributed by atoms with Gasteiger partial charge in [-0.15, -0.1) is 0 Å². The summed E-state index contributed by atoms with van der Waals surface area (Å²) in [5.41, 5.74) is 1.07. The summed E-state index contributed by atoms with van der Waals surface area (Å²) in [6.45, 7) is 4.00. The molecule has 21 heavy (non-hydrogen) atoms. The standard InChI is InChI=1S/C16H22N2O3/c1-12-6-5-9-18(11-12)15(19)10-17-14-8-4-3-7-13(14)16(20)21-2/h3-4,7-8,12,17H,5-6,9-11H2,1-2H3. The van der Waals surface area contributed by atoms with Gasteiger partial charge in [-0.3, -0.25) is 4.79 Å². The monoisotopic (exact) mass is 290 g/mol. The fourth-order valence-electron chi connectivity index (χ4n) is 2.62. The van der Waals surface area contributed by atoms with Crippen LogP contribution in [0.25, 0.3) is 0 Å². The number of hydrogen-bond acceptors (Lipinski definition) is 4. The van der Waals surface area contributed by atoms with Crippen molar-refractivity contribution in [2.45, 2.75) is 19.8 Å². The second-order valence-electron chi connectivity index (χ2n) is 5.48. The van der Waals surface area contributed by atoms with Gasteiger partial charge in [0.15, 0.2) is 0 Å². The Morgan fingerprint density at radius 3 is 2.86 bits per heavy atom. The minimum Gasteiger partial charge on any atom is -0.465 e. The number of rotatable bonds is 4. The number of methoxy groups -OCH3 is 1. The molecule has 1 atom stereocenters. The average molecular weight is 290 g/mol. The Balaban J connectivity index is 1.96. The Morgan fingerprint density at radius 1 is 1.38 bits per heavy atom. The second-order valence-corrected chi connectivity index (χ2v) is 5.48. The van der Waals surface area contributed by atoms with E-state index in [4.69, 9.17) is 4.74 Å². The zero-order valence-electron chi connectivity index (χ0n) is 12.6. The molecule has 0 saturated carbocycles. The van der Waals surface area contributed by atoms with E-state index in [2.05, 4.69) is 12.2 Å². The highest BCUT2D eigenvalue weighted by Crippen LogP contribution is 2.17. The number of carbonyl (C=O) groups excluding carboxylic acids is 2. The molecule has 0 spiro atoms. The first-order valence-electron chi connectivity index (χ1n) is 7.30. The van der Waals surface area contributed by atoms with Crippen LogP contribution in [0.2, 0.25) is 0 Å². The van der Waals surface area contributed by atoms with E-state index in [9.17, 15) is 9.59 Å². The van der Waals surface area contributed by atoms with Gasteiger partial charge in [0.05, 0.1) is 19.2 Å². The number of anilines is 1. The second kappa shape index (κ2) is 7.11. The summed E-state index contributed by atoms with van der Waals surface area (Å²) in [5, 5.41) is 3.05. The molecule has 1 aromatic carbocycles. The van der Waals surface area contributed by atoms with Crippen molar-refractivity contribution in [3.8, 4) is 0 Å². The number of para-hydroxylation sites is 1. The third kappa shape index (κ3) is 3.97. The van der Waals surface area contributed by atoms with Gasteiger partial charge in [-0.25, -0.2) is 4.79 Å². The number of esters is 1. The highest BCUT2D eigenvalue weighted by molar-refractivity contribution is 5.96. The van der Waals surface area contributed by atoms with Crippen molar-refractivity contribution in [3.05, 3.63) is 29.8 Å². The average Bonchev–Trinajstić information content (AvgIpc) is 2.52. The maximum atomic E-state index is 12.2. The number of likely N-dealkylation sites (tertiary alicyclic amines) is 1. The lowest BCUT2D eigenvalue weighted by Gasteiger charge is -2.31. The number of amides is 1. The van der Waals surface area contributed by atoms with Crippen LogP contribution >= 0.6 is 0 Å². The highest BCUT2D eigenvalue weighted by Gasteiger charge is 2.21. The van der Waals surface area contributed by atoms with Gasteiger partial charge in [0.1, 0.15) is 0 Å². The Kier molecular flexibility index (Phi) is 5.20. The van der Waals surface area contributed by atoms with Crippen LogP contribution in [0.3, 0.4) is 0 Å². The van der Waals surface area contributed by atoms with Gasteiger partial charge in [0.25, 0.3) is 0 Å². The predicted octanol–water partition coefficient (Wildman–Crippen LogP) is 2.14. The van der Waals surface area contributed by atoms with Crippen molar-refractivity contribution in [2.75, 3.05) is 32.1 Å². The van der Waals surface area contributed by atoms with E-state index in [1.54, 1.807) is 18.2 Å². The molecule has 0 bridgehead atoms. The van der Waals surface area contributed by atoms with Crippen molar-refractivity contribution in [1.82, 2.24) is 4.90 Å². The first-order chi connectivity index (χ1) is 10.1. The molecule has 1 saturated heterocycles. The molecule has 114 valence electrons. The quantitative estimate of drug-likeness (QED) is 0.863. The fraction of sp³-hybridized carbons (Fsp3) is 0.500. The molecular formula is C16H22N2O3. The molecule has 1 aromatic rings. The number of benzene rings is 1. The van der Waals surface area contributed by atoms with Gasteiger partial charge in [0, 0.05) is 18.8 Å². The SMILES string of the molecule is COC(=O)c1ccccc1NCC(=O)N1CCCC(C)C1.